The number of nitrogens with one attached hydrogen (secondary N) is 1. The van der Waals surface area contributed by atoms with Gasteiger partial charge in [0.15, 0.2) is 5.69 Å². The van der Waals surface area contributed by atoms with Crippen molar-refractivity contribution in [2.24, 2.45) is 15.4 Å². The van der Waals surface area contributed by atoms with E-state index in [9.17, 15) is 17.9 Å². The second-order valence-corrected chi connectivity index (χ2v) is 9.06. The number of hydrogen-bond acceptors (Lipinski definition) is 5. The van der Waals surface area contributed by atoms with E-state index in [4.69, 9.17) is 17.4 Å². The predicted molar refractivity (Wildman–Crippen MR) is 128 cm³/mol. The Labute approximate surface area is 194 Å². The summed E-state index contributed by atoms with van der Waals surface area (Å²) < 4.78 is 38.6. The highest BCUT2D eigenvalue weighted by Gasteiger charge is 2.18. The third-order valence-corrected chi connectivity index (χ3v) is 5.90. The van der Waals surface area contributed by atoms with Crippen molar-refractivity contribution in [3.63, 3.8) is 0 Å². The number of aromatic hydroxyl groups is 1. The van der Waals surface area contributed by atoms with E-state index < -0.39 is 15.8 Å². The molecule has 0 amide bonds. The number of benzene rings is 3. The summed E-state index contributed by atoms with van der Waals surface area (Å²) in [6.45, 7) is 0.341. The van der Waals surface area contributed by atoms with Crippen LogP contribution in [0.25, 0.3) is 10.9 Å². The number of sulfonamides is 1. The number of nitrogens with two attached hydrogens (primary N) is 1. The van der Waals surface area contributed by atoms with Gasteiger partial charge in [-0.25, -0.2) is 17.9 Å². The smallest absolute Gasteiger partial charge is 0.238 e. The van der Waals surface area contributed by atoms with Gasteiger partial charge in [0.25, 0.3) is 0 Å². The van der Waals surface area contributed by atoms with Gasteiger partial charge in [0.2, 0.25) is 21.0 Å². The van der Waals surface area contributed by atoms with Gasteiger partial charge < -0.3 is 15.0 Å². The zero-order chi connectivity index (χ0) is 23.6. The molecule has 3 aromatic carbocycles. The summed E-state index contributed by atoms with van der Waals surface area (Å²) in [5.41, 5.74) is 1.91. The van der Waals surface area contributed by atoms with Crippen molar-refractivity contribution in [1.82, 2.24) is 4.57 Å². The largest absolute Gasteiger partial charge is 0.493 e. The number of nitrogens with zero attached hydrogens (tertiary/aromatic N) is 3. The van der Waals surface area contributed by atoms with Crippen molar-refractivity contribution in [1.29, 1.82) is 0 Å². The van der Waals surface area contributed by atoms with Crippen molar-refractivity contribution < 1.29 is 17.9 Å². The van der Waals surface area contributed by atoms with Crippen molar-refractivity contribution in [3.8, 4) is 5.88 Å². The molecule has 0 radical (unpaired) electrons. The molecule has 0 aliphatic rings. The first-order chi connectivity index (χ1) is 15.7. The first-order valence-corrected chi connectivity index (χ1v) is 11.6. The summed E-state index contributed by atoms with van der Waals surface area (Å²) >= 11 is 5.16. The lowest BCUT2D eigenvalue weighted by molar-refractivity contribution is 0.429. The van der Waals surface area contributed by atoms with E-state index in [1.54, 1.807) is 16.7 Å². The molecule has 0 bridgehead atoms. The predicted octanol–water partition coefficient (Wildman–Crippen LogP) is 4.66. The number of rotatable bonds is 5. The Hall–Kier alpha value is -3.67. The second-order valence-electron chi connectivity index (χ2n) is 7.11. The summed E-state index contributed by atoms with van der Waals surface area (Å²) in [5.74, 6) is -0.682. The lowest BCUT2D eigenvalue weighted by Crippen LogP contribution is -2.13. The van der Waals surface area contributed by atoms with Gasteiger partial charge in [0.1, 0.15) is 5.82 Å². The molecule has 0 saturated heterocycles. The van der Waals surface area contributed by atoms with Crippen molar-refractivity contribution >= 4 is 49.6 Å². The molecule has 0 aliphatic carbocycles. The van der Waals surface area contributed by atoms with E-state index in [0.29, 0.717) is 23.1 Å². The van der Waals surface area contributed by atoms with Gasteiger partial charge in [-0.2, -0.15) is 0 Å². The van der Waals surface area contributed by atoms with Crippen LogP contribution in [0.2, 0.25) is 0 Å². The standard InChI is InChI=1S/C22H18FN5O3S2/c23-15-9-10-19-18(11-15)20(21(29)28(19)13-14-5-2-1-3-6-14)26-27-22(32)25-16-7-4-8-17(12-16)33(24,30)31/h1-12,29H,13H2,(H,25,32)(H2,24,30,31). The second kappa shape index (κ2) is 9.06. The molecule has 33 heavy (non-hydrogen) atoms. The Balaban J connectivity index is 1.65. The Morgan fingerprint density at radius 3 is 2.58 bits per heavy atom. The van der Waals surface area contributed by atoms with Gasteiger partial charge in [0.05, 0.1) is 17.0 Å². The number of fused-ring (bicyclic) bond motifs is 1. The summed E-state index contributed by atoms with van der Waals surface area (Å²) in [6, 6.07) is 19.3. The average molecular weight is 484 g/mol. The van der Waals surface area contributed by atoms with Crippen LogP contribution in [0.1, 0.15) is 5.56 Å². The van der Waals surface area contributed by atoms with Crippen LogP contribution in [-0.4, -0.2) is 23.2 Å². The Morgan fingerprint density at radius 1 is 1.09 bits per heavy atom. The van der Waals surface area contributed by atoms with E-state index in [1.165, 1.54) is 30.3 Å². The number of primary sulfonamides is 1. The molecule has 0 fully saturated rings. The van der Waals surface area contributed by atoms with Crippen LogP contribution < -0.4 is 10.5 Å². The van der Waals surface area contributed by atoms with E-state index in [1.807, 2.05) is 30.3 Å². The lowest BCUT2D eigenvalue weighted by Gasteiger charge is -2.07. The minimum absolute atomic E-state index is 0.0582. The summed E-state index contributed by atoms with van der Waals surface area (Å²) in [4.78, 5) is -0.0932. The van der Waals surface area contributed by atoms with Crippen LogP contribution in [-0.2, 0) is 16.6 Å². The quantitative estimate of drug-likeness (QED) is 0.281. The summed E-state index contributed by atoms with van der Waals surface area (Å²) in [5, 5.41) is 26.9. The highest BCUT2D eigenvalue weighted by Crippen LogP contribution is 2.39. The average Bonchev–Trinajstić information content (AvgIpc) is 3.03. The van der Waals surface area contributed by atoms with Crippen molar-refractivity contribution in [2.75, 3.05) is 5.32 Å². The van der Waals surface area contributed by atoms with E-state index in [-0.39, 0.29) is 21.6 Å². The molecule has 0 aliphatic heterocycles. The van der Waals surface area contributed by atoms with Crippen LogP contribution in [0.15, 0.2) is 87.9 Å². The number of azo groups is 1. The first kappa shape index (κ1) is 22.5. The zero-order valence-electron chi connectivity index (χ0n) is 17.0. The molecule has 4 aromatic rings. The van der Waals surface area contributed by atoms with Crippen LogP contribution in [0, 0.1) is 5.82 Å². The molecule has 1 heterocycles. The van der Waals surface area contributed by atoms with Crippen LogP contribution in [0.4, 0.5) is 15.8 Å². The number of anilines is 1. The molecule has 1 aromatic heterocycles. The van der Waals surface area contributed by atoms with Crippen LogP contribution in [0.5, 0.6) is 5.88 Å². The molecule has 8 nitrogen and oxygen atoms in total. The molecule has 11 heteroatoms. The van der Waals surface area contributed by atoms with Crippen LogP contribution in [0.3, 0.4) is 0 Å². The highest BCUT2D eigenvalue weighted by molar-refractivity contribution is 7.89. The van der Waals surface area contributed by atoms with Gasteiger partial charge in [0, 0.05) is 11.1 Å². The summed E-state index contributed by atoms with van der Waals surface area (Å²) in [6.07, 6.45) is 0. The van der Waals surface area contributed by atoms with Gasteiger partial charge in [-0.3, -0.25) is 0 Å². The fourth-order valence-corrected chi connectivity index (χ4v) is 4.03. The number of hydrogen-bond donors (Lipinski definition) is 3. The molecular weight excluding hydrogens is 465 g/mol. The van der Waals surface area contributed by atoms with Crippen molar-refractivity contribution in [2.45, 2.75) is 11.4 Å². The number of aromatic nitrogens is 1. The molecular formula is C22H18FN5O3S2. The Kier molecular flexibility index (Phi) is 6.18. The highest BCUT2D eigenvalue weighted by atomic mass is 32.2. The maximum Gasteiger partial charge on any atom is 0.238 e. The normalized spacial score (nSPS) is 11.8. The van der Waals surface area contributed by atoms with E-state index in [2.05, 4.69) is 15.5 Å². The van der Waals surface area contributed by atoms with Crippen LogP contribution >= 0.6 is 12.2 Å². The topological polar surface area (TPSA) is 122 Å². The fraction of sp³-hybridized carbons (Fsp3) is 0.0455. The fourth-order valence-electron chi connectivity index (χ4n) is 3.32. The molecule has 0 unspecified atom stereocenters. The number of thiocarbonyl (C=S) groups is 1. The maximum atomic E-state index is 13.9. The maximum absolute atomic E-state index is 13.9. The molecule has 0 saturated carbocycles. The third-order valence-electron chi connectivity index (χ3n) is 4.81. The van der Waals surface area contributed by atoms with Crippen molar-refractivity contribution in [3.05, 3.63) is 84.2 Å². The zero-order valence-corrected chi connectivity index (χ0v) is 18.6. The first-order valence-electron chi connectivity index (χ1n) is 9.62. The number of halogens is 1. The van der Waals surface area contributed by atoms with Gasteiger partial charge in [-0.05, 0) is 54.2 Å². The molecule has 0 spiro atoms. The Morgan fingerprint density at radius 2 is 1.85 bits per heavy atom. The van der Waals surface area contributed by atoms with E-state index in [0.717, 1.165) is 5.56 Å². The lowest BCUT2D eigenvalue weighted by atomic mass is 10.2. The molecule has 0 atom stereocenters. The molecule has 4 rings (SSSR count). The summed E-state index contributed by atoms with van der Waals surface area (Å²) in [7, 11) is -3.88. The Bertz CT molecular complexity index is 1480. The van der Waals surface area contributed by atoms with Gasteiger partial charge in [-0.15, -0.1) is 10.2 Å². The minimum Gasteiger partial charge on any atom is -0.493 e. The van der Waals surface area contributed by atoms with E-state index >= 15 is 0 Å². The monoisotopic (exact) mass is 483 g/mol. The minimum atomic E-state index is -3.88. The molecule has 4 N–H and O–H groups in total. The third kappa shape index (κ3) is 5.06. The molecule has 168 valence electrons. The SMILES string of the molecule is NS(=O)(=O)c1cccc(NC(=S)N=Nc2c(O)n(Cc3ccccc3)c3ccc(F)cc23)c1. The van der Waals surface area contributed by atoms with Gasteiger partial charge >= 0.3 is 0 Å². The van der Waals surface area contributed by atoms with Gasteiger partial charge in [-0.1, -0.05) is 36.4 Å².